The molecule has 2 heterocycles. The second-order valence-electron chi connectivity index (χ2n) is 3.96. The van der Waals surface area contributed by atoms with Crippen molar-refractivity contribution in [2.24, 2.45) is 0 Å². The zero-order valence-electron chi connectivity index (χ0n) is 8.89. The quantitative estimate of drug-likeness (QED) is 0.677. The summed E-state index contributed by atoms with van der Waals surface area (Å²) in [6.07, 6.45) is 0. The van der Waals surface area contributed by atoms with Gasteiger partial charge in [-0.15, -0.1) is 11.8 Å². The zero-order chi connectivity index (χ0) is 11.2. The number of thioether (sulfide) groups is 1. The van der Waals surface area contributed by atoms with Gasteiger partial charge in [-0.3, -0.25) is 4.98 Å². The molecule has 1 aromatic rings. The minimum absolute atomic E-state index is 0.378. The van der Waals surface area contributed by atoms with Crippen LogP contribution in [0.4, 0.5) is 4.39 Å². The largest absolute Gasteiger partial charge is 0.257 e. The van der Waals surface area contributed by atoms with Gasteiger partial charge in [-0.05, 0) is 20.8 Å². The van der Waals surface area contributed by atoms with E-state index in [9.17, 15) is 4.39 Å². The maximum atomic E-state index is 14.1. The molecule has 4 heteroatoms. The molecule has 0 N–H and O–H groups in total. The summed E-state index contributed by atoms with van der Waals surface area (Å²) >= 11 is 1.42. The monoisotopic (exact) mass is 222 g/mol. The standard InChI is InChI=1S/C11H11FN2S/c1-6-8(4-13)10-9(7(2)14-6)11(3,12)5-15-10/h5H2,1-3H3. The molecule has 0 saturated heterocycles. The Labute approximate surface area is 92.5 Å². The van der Waals surface area contributed by atoms with Crippen LogP contribution in [-0.4, -0.2) is 10.7 Å². The Balaban J connectivity index is 2.79. The summed E-state index contributed by atoms with van der Waals surface area (Å²) in [5.74, 6) is 0.378. The van der Waals surface area contributed by atoms with E-state index in [0.717, 1.165) is 4.90 Å². The Morgan fingerprint density at radius 1 is 1.47 bits per heavy atom. The number of aryl methyl sites for hydroxylation is 2. The van der Waals surface area contributed by atoms with Crippen LogP contribution in [0.2, 0.25) is 0 Å². The first-order valence-corrected chi connectivity index (χ1v) is 5.69. The molecule has 1 aliphatic rings. The summed E-state index contributed by atoms with van der Waals surface area (Å²) in [5.41, 5.74) is 1.18. The molecule has 2 rings (SSSR count). The number of aromatic nitrogens is 1. The number of nitrogens with zero attached hydrogens (tertiary/aromatic N) is 2. The van der Waals surface area contributed by atoms with E-state index in [-0.39, 0.29) is 0 Å². The molecular formula is C11H11FN2S. The molecule has 0 spiro atoms. The van der Waals surface area contributed by atoms with Crippen LogP contribution in [0.5, 0.6) is 0 Å². The highest BCUT2D eigenvalue weighted by atomic mass is 32.2. The lowest BCUT2D eigenvalue weighted by molar-refractivity contribution is 0.228. The SMILES string of the molecule is Cc1nc(C)c2c(c1C#N)SCC2(C)F. The van der Waals surface area contributed by atoms with Crippen LogP contribution in [0, 0.1) is 25.2 Å². The van der Waals surface area contributed by atoms with Crippen molar-refractivity contribution >= 4 is 11.8 Å². The average Bonchev–Trinajstić information content (AvgIpc) is 2.43. The zero-order valence-corrected chi connectivity index (χ0v) is 9.70. The van der Waals surface area contributed by atoms with Crippen LogP contribution in [0.3, 0.4) is 0 Å². The highest BCUT2D eigenvalue weighted by molar-refractivity contribution is 7.99. The molecule has 15 heavy (non-hydrogen) atoms. The molecule has 0 radical (unpaired) electrons. The minimum Gasteiger partial charge on any atom is -0.257 e. The Hall–Kier alpha value is -1.08. The third-order valence-electron chi connectivity index (χ3n) is 2.63. The van der Waals surface area contributed by atoms with Crippen molar-refractivity contribution in [3.05, 3.63) is 22.5 Å². The number of halogens is 1. The van der Waals surface area contributed by atoms with E-state index in [0.29, 0.717) is 28.3 Å². The van der Waals surface area contributed by atoms with E-state index in [2.05, 4.69) is 11.1 Å². The van der Waals surface area contributed by atoms with Gasteiger partial charge in [-0.25, -0.2) is 4.39 Å². The summed E-state index contributed by atoms with van der Waals surface area (Å²) in [7, 11) is 0. The van der Waals surface area contributed by atoms with E-state index < -0.39 is 5.67 Å². The van der Waals surface area contributed by atoms with Gasteiger partial charge >= 0.3 is 0 Å². The molecule has 0 fully saturated rings. The summed E-state index contributed by atoms with van der Waals surface area (Å²) in [4.78, 5) is 5.02. The molecule has 78 valence electrons. The molecule has 0 bridgehead atoms. The maximum absolute atomic E-state index is 14.1. The van der Waals surface area contributed by atoms with E-state index in [1.165, 1.54) is 11.8 Å². The molecule has 1 unspecified atom stereocenters. The maximum Gasteiger partial charge on any atom is 0.145 e. The third kappa shape index (κ3) is 1.42. The van der Waals surface area contributed by atoms with E-state index in [1.54, 1.807) is 20.8 Å². The summed E-state index contributed by atoms with van der Waals surface area (Å²) < 4.78 is 14.1. The number of fused-ring (bicyclic) bond motifs is 1. The first kappa shape index (κ1) is 10.4. The number of nitriles is 1. The fraction of sp³-hybridized carbons (Fsp3) is 0.455. The fourth-order valence-electron chi connectivity index (χ4n) is 1.99. The van der Waals surface area contributed by atoms with Crippen molar-refractivity contribution in [3.8, 4) is 6.07 Å². The van der Waals surface area contributed by atoms with Gasteiger partial charge in [0.25, 0.3) is 0 Å². The summed E-state index contributed by atoms with van der Waals surface area (Å²) in [6, 6.07) is 2.11. The van der Waals surface area contributed by atoms with Gasteiger partial charge in [-0.1, -0.05) is 0 Å². The Morgan fingerprint density at radius 3 is 2.73 bits per heavy atom. The second-order valence-corrected chi connectivity index (χ2v) is 4.95. The van der Waals surface area contributed by atoms with E-state index in [1.807, 2.05) is 0 Å². The normalized spacial score (nSPS) is 23.7. The van der Waals surface area contributed by atoms with Crippen LogP contribution in [0.15, 0.2) is 4.90 Å². The number of rotatable bonds is 0. The third-order valence-corrected chi connectivity index (χ3v) is 4.02. The topological polar surface area (TPSA) is 36.7 Å². The lowest BCUT2D eigenvalue weighted by atomic mass is 9.96. The van der Waals surface area contributed by atoms with Gasteiger partial charge in [0, 0.05) is 21.9 Å². The number of alkyl halides is 1. The fourth-order valence-corrected chi connectivity index (χ4v) is 3.39. The average molecular weight is 222 g/mol. The second kappa shape index (κ2) is 3.21. The number of hydrogen-bond donors (Lipinski definition) is 0. The Bertz CT molecular complexity index is 474. The van der Waals surface area contributed by atoms with Crippen LogP contribution in [-0.2, 0) is 5.67 Å². The number of pyridine rings is 1. The van der Waals surface area contributed by atoms with Crippen molar-refractivity contribution in [1.82, 2.24) is 4.98 Å². The molecule has 0 aromatic carbocycles. The molecule has 1 aliphatic heterocycles. The Kier molecular flexibility index (Phi) is 2.23. The smallest absolute Gasteiger partial charge is 0.145 e. The summed E-state index contributed by atoms with van der Waals surface area (Å²) in [6.45, 7) is 5.15. The lowest BCUT2D eigenvalue weighted by Gasteiger charge is -2.16. The van der Waals surface area contributed by atoms with Crippen molar-refractivity contribution in [2.45, 2.75) is 31.3 Å². The predicted molar refractivity (Wildman–Crippen MR) is 57.6 cm³/mol. The van der Waals surface area contributed by atoms with E-state index >= 15 is 0 Å². The van der Waals surface area contributed by atoms with Gasteiger partial charge in [0.1, 0.15) is 11.7 Å². The minimum atomic E-state index is -1.35. The molecular weight excluding hydrogens is 211 g/mol. The van der Waals surface area contributed by atoms with Gasteiger partial charge in [0.2, 0.25) is 0 Å². The first-order valence-electron chi connectivity index (χ1n) is 4.71. The van der Waals surface area contributed by atoms with Crippen molar-refractivity contribution < 1.29 is 4.39 Å². The van der Waals surface area contributed by atoms with Gasteiger partial charge in [-0.2, -0.15) is 5.26 Å². The van der Waals surface area contributed by atoms with Crippen molar-refractivity contribution in [2.75, 3.05) is 5.75 Å². The lowest BCUT2D eigenvalue weighted by Crippen LogP contribution is -2.16. The van der Waals surface area contributed by atoms with Crippen molar-refractivity contribution in [1.29, 1.82) is 5.26 Å². The predicted octanol–water partition coefficient (Wildman–Crippen LogP) is 2.86. The van der Waals surface area contributed by atoms with Gasteiger partial charge in [0.15, 0.2) is 0 Å². The van der Waals surface area contributed by atoms with Crippen molar-refractivity contribution in [3.63, 3.8) is 0 Å². The van der Waals surface area contributed by atoms with Crippen LogP contribution < -0.4 is 0 Å². The molecule has 0 saturated carbocycles. The molecule has 1 atom stereocenters. The highest BCUT2D eigenvalue weighted by Gasteiger charge is 2.39. The molecule has 1 aromatic heterocycles. The van der Waals surface area contributed by atoms with Gasteiger partial charge < -0.3 is 0 Å². The summed E-state index contributed by atoms with van der Waals surface area (Å²) in [5, 5.41) is 9.02. The van der Waals surface area contributed by atoms with Crippen LogP contribution in [0.1, 0.15) is 29.4 Å². The molecule has 0 amide bonds. The molecule has 2 nitrogen and oxygen atoms in total. The van der Waals surface area contributed by atoms with Gasteiger partial charge in [0.05, 0.1) is 11.3 Å². The highest BCUT2D eigenvalue weighted by Crippen LogP contribution is 2.47. The Morgan fingerprint density at radius 2 is 2.13 bits per heavy atom. The van der Waals surface area contributed by atoms with Crippen LogP contribution in [0.25, 0.3) is 0 Å². The van der Waals surface area contributed by atoms with E-state index in [4.69, 9.17) is 5.26 Å². The van der Waals surface area contributed by atoms with Crippen LogP contribution >= 0.6 is 11.8 Å². The number of hydrogen-bond acceptors (Lipinski definition) is 3. The first-order chi connectivity index (χ1) is 6.97. The molecule has 0 aliphatic carbocycles.